The molecule has 0 fully saturated rings. The maximum atomic E-state index is 12.0. The number of halogens is 1. The number of hydrogen-bond donors (Lipinski definition) is 5. The van der Waals surface area contributed by atoms with Gasteiger partial charge in [0.25, 0.3) is 0 Å². The lowest BCUT2D eigenvalue weighted by Crippen LogP contribution is -2.28. The summed E-state index contributed by atoms with van der Waals surface area (Å²) in [6.07, 6.45) is 5.53. The highest BCUT2D eigenvalue weighted by Gasteiger charge is 2.20. The van der Waals surface area contributed by atoms with Gasteiger partial charge in [-0.2, -0.15) is 0 Å². The van der Waals surface area contributed by atoms with Crippen LogP contribution in [0, 0.1) is 0 Å². The minimum atomic E-state index is -1.08. The average molecular weight is 622 g/mol. The van der Waals surface area contributed by atoms with E-state index in [1.54, 1.807) is 30.3 Å². The highest BCUT2D eigenvalue weighted by atomic mass is 35.5. The number of aliphatic hydroxyl groups is 1. The number of fused-ring (bicyclic) bond motifs is 1. The number of anilines is 1. The summed E-state index contributed by atoms with van der Waals surface area (Å²) in [5.74, 6) is 0.460. The Morgan fingerprint density at radius 1 is 0.909 bits per heavy atom. The molecular formula is C34H40ClN3O6. The number of amides is 1. The first kappa shape index (κ1) is 32.9. The van der Waals surface area contributed by atoms with E-state index in [0.717, 1.165) is 57.1 Å². The number of H-pyrrole nitrogens is 1. The Morgan fingerprint density at radius 3 is 2.39 bits per heavy atom. The maximum Gasteiger partial charge on any atom is 0.412 e. The van der Waals surface area contributed by atoms with Gasteiger partial charge < -0.3 is 30.4 Å². The van der Waals surface area contributed by atoms with Crippen molar-refractivity contribution in [2.24, 2.45) is 0 Å². The molecule has 0 radical (unpaired) electrons. The monoisotopic (exact) mass is 621 g/mol. The molecule has 0 aliphatic rings. The van der Waals surface area contributed by atoms with Gasteiger partial charge in [0.15, 0.2) is 0 Å². The van der Waals surface area contributed by atoms with Gasteiger partial charge in [-0.1, -0.05) is 86.2 Å². The van der Waals surface area contributed by atoms with Gasteiger partial charge in [-0.15, -0.1) is 0 Å². The fourth-order valence-electron chi connectivity index (χ4n) is 5.16. The minimum Gasteiger partial charge on any atom is -0.506 e. The zero-order chi connectivity index (χ0) is 31.3. The van der Waals surface area contributed by atoms with E-state index in [2.05, 4.69) is 10.3 Å². The number of rotatable bonds is 17. The van der Waals surface area contributed by atoms with Crippen LogP contribution in [0.4, 0.5) is 10.5 Å². The molecule has 0 spiro atoms. The third-order valence-electron chi connectivity index (χ3n) is 7.51. The lowest BCUT2D eigenvalue weighted by atomic mass is 10.0. The molecule has 0 aliphatic heterocycles. The summed E-state index contributed by atoms with van der Waals surface area (Å²) in [7, 11) is 0. The number of unbranched alkanes of at least 4 members (excludes halogenated alkanes) is 6. The van der Waals surface area contributed by atoms with Crippen LogP contribution in [0.1, 0.15) is 62.2 Å². The van der Waals surface area contributed by atoms with Crippen LogP contribution in [0.5, 0.6) is 11.5 Å². The van der Waals surface area contributed by atoms with E-state index in [0.29, 0.717) is 46.1 Å². The molecule has 5 N–H and O–H groups in total. The number of hydrogen-bond acceptors (Lipinski definition) is 6. The molecule has 9 nitrogen and oxygen atoms in total. The fourth-order valence-corrected chi connectivity index (χ4v) is 5.44. The molecular weight excluding hydrogens is 582 g/mol. The number of aromatic amines is 1. The Labute approximate surface area is 262 Å². The zero-order valence-electron chi connectivity index (χ0n) is 24.7. The second kappa shape index (κ2) is 16.7. The van der Waals surface area contributed by atoms with Crippen molar-refractivity contribution in [1.82, 2.24) is 10.3 Å². The molecule has 0 unspecified atom stereocenters. The number of aromatic nitrogens is 1. The van der Waals surface area contributed by atoms with Crippen LogP contribution in [0.3, 0.4) is 0 Å². The average Bonchev–Trinajstić information content (AvgIpc) is 3.02. The molecule has 1 amide bonds. The molecule has 44 heavy (non-hydrogen) atoms. The Morgan fingerprint density at radius 2 is 1.64 bits per heavy atom. The van der Waals surface area contributed by atoms with Crippen molar-refractivity contribution in [3.63, 3.8) is 0 Å². The van der Waals surface area contributed by atoms with Crippen LogP contribution >= 0.6 is 11.6 Å². The first-order valence-electron chi connectivity index (χ1n) is 15.0. The number of aromatic hydroxyl groups is 1. The molecule has 3 aromatic carbocycles. The van der Waals surface area contributed by atoms with Gasteiger partial charge in [-0.25, -0.2) is 4.79 Å². The Balaban J connectivity index is 1.08. The molecule has 4 rings (SSSR count). The summed E-state index contributed by atoms with van der Waals surface area (Å²) >= 11 is 6.56. The van der Waals surface area contributed by atoms with Crippen molar-refractivity contribution < 1.29 is 24.9 Å². The molecule has 10 heteroatoms. The van der Waals surface area contributed by atoms with Crippen molar-refractivity contribution in [2.45, 2.75) is 57.6 Å². The maximum absolute atomic E-state index is 12.0. The van der Waals surface area contributed by atoms with Gasteiger partial charge in [0, 0.05) is 18.0 Å². The number of pyridine rings is 1. The number of aliphatic hydroxyl groups excluding tert-OH is 1. The number of carboxylic acid groups (broad SMARTS) is 1. The summed E-state index contributed by atoms with van der Waals surface area (Å²) in [4.78, 5) is 27.4. The molecule has 4 aromatic rings. The summed E-state index contributed by atoms with van der Waals surface area (Å²) < 4.78 is 5.91. The van der Waals surface area contributed by atoms with Gasteiger partial charge in [0.1, 0.15) is 16.5 Å². The third-order valence-corrected chi connectivity index (χ3v) is 7.89. The highest BCUT2D eigenvalue weighted by Crippen LogP contribution is 2.35. The molecule has 0 bridgehead atoms. The van der Waals surface area contributed by atoms with E-state index in [1.165, 1.54) is 17.0 Å². The van der Waals surface area contributed by atoms with Crippen molar-refractivity contribution in [3.8, 4) is 11.5 Å². The van der Waals surface area contributed by atoms with Crippen LogP contribution in [0.15, 0.2) is 77.6 Å². The van der Waals surface area contributed by atoms with E-state index >= 15 is 0 Å². The topological polar surface area (TPSA) is 135 Å². The number of phenolic OH excluding ortho intramolecular Hbond substituents is 1. The van der Waals surface area contributed by atoms with E-state index in [-0.39, 0.29) is 17.9 Å². The summed E-state index contributed by atoms with van der Waals surface area (Å²) in [6.45, 7) is 1.88. The largest absolute Gasteiger partial charge is 0.506 e. The van der Waals surface area contributed by atoms with Crippen molar-refractivity contribution >= 4 is 34.3 Å². The number of phenols is 1. The SMILES string of the molecule is O=C(O)N(Cc1ccccc1)c1cccc(OCCCCCCCCCNC[C@H](O)c2ccc(O)c3[nH]c(=O)ccc23)c1Cl. The van der Waals surface area contributed by atoms with Gasteiger partial charge >= 0.3 is 6.09 Å². The predicted molar refractivity (Wildman–Crippen MR) is 174 cm³/mol. The zero-order valence-corrected chi connectivity index (χ0v) is 25.4. The van der Waals surface area contributed by atoms with Crippen LogP contribution in [0.2, 0.25) is 5.02 Å². The summed E-state index contributed by atoms with van der Waals surface area (Å²) in [5, 5.41) is 34.7. The lowest BCUT2D eigenvalue weighted by molar-refractivity contribution is 0.176. The first-order valence-corrected chi connectivity index (χ1v) is 15.4. The van der Waals surface area contributed by atoms with Crippen molar-refractivity contribution in [1.29, 1.82) is 0 Å². The number of ether oxygens (including phenoxy) is 1. The highest BCUT2D eigenvalue weighted by molar-refractivity contribution is 6.35. The lowest BCUT2D eigenvalue weighted by Gasteiger charge is -2.22. The third kappa shape index (κ3) is 9.22. The number of nitrogens with zero attached hydrogens (tertiary/aromatic N) is 1. The quantitative estimate of drug-likeness (QED) is 0.0801. The Bertz CT molecular complexity index is 1560. The second-order valence-corrected chi connectivity index (χ2v) is 11.1. The molecule has 0 saturated heterocycles. The van der Waals surface area contributed by atoms with E-state index < -0.39 is 12.2 Å². The van der Waals surface area contributed by atoms with Crippen molar-refractivity contribution in [3.05, 3.63) is 99.3 Å². The normalized spacial score (nSPS) is 11.9. The Hall–Kier alpha value is -4.05. The van der Waals surface area contributed by atoms with E-state index in [9.17, 15) is 24.9 Å². The van der Waals surface area contributed by atoms with Gasteiger partial charge in [0.2, 0.25) is 5.56 Å². The summed E-state index contributed by atoms with van der Waals surface area (Å²) in [6, 6.07) is 20.8. The molecule has 1 aromatic heterocycles. The number of nitrogens with one attached hydrogen (secondary N) is 2. The molecule has 1 atom stereocenters. The smallest absolute Gasteiger partial charge is 0.412 e. The first-order chi connectivity index (χ1) is 21.3. The standard InChI is InChI=1S/C34H40ClN3O6/c35-32-27(38(34(42)43)23-24-12-7-6-8-13-24)14-11-15-30(32)44-21-10-5-3-1-2-4-9-20-36-22-29(40)25-16-18-28(39)33-26(25)17-19-31(41)37-33/h6-8,11-19,29,36,39-40H,1-5,9-10,20-23H2,(H,37,41)(H,42,43)/t29-/m0/s1. The molecule has 0 aliphatic carbocycles. The van der Waals surface area contributed by atoms with Gasteiger partial charge in [-0.3, -0.25) is 9.69 Å². The predicted octanol–water partition coefficient (Wildman–Crippen LogP) is 7.00. The van der Waals surface area contributed by atoms with Crippen molar-refractivity contribution in [2.75, 3.05) is 24.6 Å². The molecule has 234 valence electrons. The summed E-state index contributed by atoms with van der Waals surface area (Å²) in [5.41, 5.74) is 1.96. The van der Waals surface area contributed by atoms with Crippen LogP contribution in [0.25, 0.3) is 10.9 Å². The molecule has 1 heterocycles. The number of carbonyl (C=O) groups is 1. The van der Waals surface area contributed by atoms with E-state index in [4.69, 9.17) is 16.3 Å². The van der Waals surface area contributed by atoms with Gasteiger partial charge in [0.05, 0.1) is 30.5 Å². The Kier molecular flexibility index (Phi) is 12.5. The molecule has 0 saturated carbocycles. The fraction of sp³-hybridized carbons (Fsp3) is 0.353. The van der Waals surface area contributed by atoms with E-state index in [1.807, 2.05) is 30.3 Å². The van der Waals surface area contributed by atoms with Crippen LogP contribution < -0.4 is 20.5 Å². The van der Waals surface area contributed by atoms with Crippen LogP contribution in [-0.2, 0) is 6.54 Å². The van der Waals surface area contributed by atoms with Crippen LogP contribution in [-0.4, -0.2) is 46.1 Å². The van der Waals surface area contributed by atoms with Gasteiger partial charge in [-0.05, 0) is 54.8 Å². The number of benzene rings is 3. The minimum absolute atomic E-state index is 0.0208. The second-order valence-electron chi connectivity index (χ2n) is 10.8.